The van der Waals surface area contributed by atoms with Crippen molar-refractivity contribution >= 4 is 22.6 Å². The van der Waals surface area contributed by atoms with Gasteiger partial charge < -0.3 is 5.11 Å². The fraction of sp³-hybridized carbons (Fsp3) is 0.692. The molecule has 0 aliphatic heterocycles. The van der Waals surface area contributed by atoms with Crippen molar-refractivity contribution in [2.45, 2.75) is 48.9 Å². The Hall–Kier alpha value is -0.750. The zero-order chi connectivity index (χ0) is 12.7. The Morgan fingerprint density at radius 3 is 2.18 bits per heavy atom. The lowest BCUT2D eigenvalue weighted by Gasteiger charge is -2.14. The van der Waals surface area contributed by atoms with E-state index in [9.17, 15) is 5.11 Å². The molecule has 1 N–H and O–H groups in total. The molecular weight excluding hydrogens is 327 g/mol. The van der Waals surface area contributed by atoms with Gasteiger partial charge in [-0.15, -0.1) is 0 Å². The summed E-state index contributed by atoms with van der Waals surface area (Å²) in [6.45, 7) is 0. The molecule has 92 valence electrons. The molecule has 1 saturated carbocycles. The smallest absolute Gasteiger partial charge is 0.167 e. The van der Waals surface area contributed by atoms with Gasteiger partial charge in [-0.2, -0.15) is 10.5 Å². The predicted molar refractivity (Wildman–Crippen MR) is 74.5 cm³/mol. The van der Waals surface area contributed by atoms with Crippen LogP contribution in [0, 0.1) is 28.6 Å². The Bertz CT molecular complexity index is 349. The third-order valence-electron chi connectivity index (χ3n) is 3.26. The van der Waals surface area contributed by atoms with Crippen molar-refractivity contribution in [2.75, 3.05) is 0 Å². The first-order chi connectivity index (χ1) is 8.19. The summed E-state index contributed by atoms with van der Waals surface area (Å²) in [7, 11) is 0. The highest BCUT2D eigenvalue weighted by Crippen LogP contribution is 2.29. The zero-order valence-electron chi connectivity index (χ0n) is 9.82. The average molecular weight is 344 g/mol. The number of aliphatic hydroxyl groups is 1. The van der Waals surface area contributed by atoms with E-state index in [0.29, 0.717) is 0 Å². The van der Waals surface area contributed by atoms with E-state index in [2.05, 4.69) is 22.6 Å². The summed E-state index contributed by atoms with van der Waals surface area (Å²) in [5.41, 5.74) is -0.111. The van der Waals surface area contributed by atoms with Crippen molar-refractivity contribution in [1.29, 1.82) is 10.5 Å². The van der Waals surface area contributed by atoms with Gasteiger partial charge in [0.2, 0.25) is 0 Å². The average Bonchev–Trinajstić information content (AvgIpc) is 2.42. The molecule has 0 aromatic heterocycles. The number of halogens is 1. The summed E-state index contributed by atoms with van der Waals surface area (Å²) >= 11 is 2.49. The number of alkyl halides is 1. The summed E-state index contributed by atoms with van der Waals surface area (Å²) < 4.78 is 0.726. The summed E-state index contributed by atoms with van der Waals surface area (Å²) in [5.74, 6) is 0.0212. The van der Waals surface area contributed by atoms with Gasteiger partial charge in [0.25, 0.3) is 0 Å². The highest BCUT2D eigenvalue weighted by Gasteiger charge is 2.20. The SMILES string of the molecule is N#CC(C#N)=C(O)C1CCCCC(I)CCC1. The molecule has 0 heterocycles. The summed E-state index contributed by atoms with van der Waals surface area (Å²) in [6.07, 6.45) is 7.48. The molecule has 1 aliphatic rings. The van der Waals surface area contributed by atoms with Gasteiger partial charge in [0.15, 0.2) is 5.57 Å². The van der Waals surface area contributed by atoms with Crippen molar-refractivity contribution in [3.8, 4) is 12.1 Å². The molecule has 3 nitrogen and oxygen atoms in total. The van der Waals surface area contributed by atoms with Gasteiger partial charge in [-0.25, -0.2) is 0 Å². The van der Waals surface area contributed by atoms with Crippen LogP contribution in [-0.4, -0.2) is 9.03 Å². The molecule has 0 radical (unpaired) electrons. The maximum atomic E-state index is 9.94. The van der Waals surface area contributed by atoms with E-state index in [1.54, 1.807) is 12.1 Å². The number of nitriles is 2. The largest absolute Gasteiger partial charge is 0.510 e. The van der Waals surface area contributed by atoms with Crippen LogP contribution in [0.1, 0.15) is 44.9 Å². The predicted octanol–water partition coefficient (Wildman–Crippen LogP) is 4.01. The minimum Gasteiger partial charge on any atom is -0.510 e. The molecule has 0 aromatic rings. The maximum Gasteiger partial charge on any atom is 0.167 e. The van der Waals surface area contributed by atoms with Gasteiger partial charge in [-0.1, -0.05) is 41.9 Å². The number of nitrogens with zero attached hydrogens (tertiary/aromatic N) is 2. The number of rotatable bonds is 1. The molecule has 0 amide bonds. The van der Waals surface area contributed by atoms with Crippen molar-refractivity contribution in [3.63, 3.8) is 0 Å². The third kappa shape index (κ3) is 4.55. The van der Waals surface area contributed by atoms with E-state index in [4.69, 9.17) is 10.5 Å². The molecule has 0 saturated heterocycles. The minimum atomic E-state index is -0.111. The van der Waals surface area contributed by atoms with Gasteiger partial charge in [-0.3, -0.25) is 0 Å². The molecule has 0 bridgehead atoms. The molecule has 1 rings (SSSR count). The van der Waals surface area contributed by atoms with Gasteiger partial charge in [0.1, 0.15) is 17.9 Å². The number of allylic oxidation sites excluding steroid dienone is 2. The molecular formula is C13H17IN2O. The Labute approximate surface area is 116 Å². The molecule has 1 fully saturated rings. The Morgan fingerprint density at radius 1 is 1.00 bits per heavy atom. The van der Waals surface area contributed by atoms with Crippen LogP contribution < -0.4 is 0 Å². The highest BCUT2D eigenvalue weighted by molar-refractivity contribution is 14.1. The standard InChI is InChI=1S/C13H17IN2O/c14-12-6-2-1-4-10(5-3-7-12)13(17)11(8-15)9-16/h10,12,17H,1-7H2. The van der Waals surface area contributed by atoms with Crippen molar-refractivity contribution in [2.24, 2.45) is 5.92 Å². The molecule has 2 atom stereocenters. The molecule has 4 heteroatoms. The Morgan fingerprint density at radius 2 is 1.53 bits per heavy atom. The number of aliphatic hydroxyl groups excluding tert-OH is 1. The normalized spacial score (nSPS) is 25.6. The van der Waals surface area contributed by atoms with Crippen LogP contribution in [0.4, 0.5) is 0 Å². The maximum absolute atomic E-state index is 9.94. The topological polar surface area (TPSA) is 67.8 Å². The van der Waals surface area contributed by atoms with Crippen LogP contribution in [0.15, 0.2) is 11.3 Å². The Kier molecular flexibility index (Phi) is 6.36. The first kappa shape index (κ1) is 14.3. The quantitative estimate of drug-likeness (QED) is 0.338. The van der Waals surface area contributed by atoms with E-state index >= 15 is 0 Å². The first-order valence-corrected chi connectivity index (χ1v) is 7.31. The lowest BCUT2D eigenvalue weighted by Crippen LogP contribution is -2.06. The second-order valence-corrected chi connectivity index (χ2v) is 6.26. The van der Waals surface area contributed by atoms with E-state index in [0.717, 1.165) is 29.6 Å². The molecule has 17 heavy (non-hydrogen) atoms. The van der Waals surface area contributed by atoms with Gasteiger partial charge in [0, 0.05) is 9.84 Å². The summed E-state index contributed by atoms with van der Waals surface area (Å²) in [4.78, 5) is 0. The second kappa shape index (κ2) is 7.55. The van der Waals surface area contributed by atoms with E-state index in [1.165, 1.54) is 19.3 Å². The van der Waals surface area contributed by atoms with Crippen LogP contribution in [0.5, 0.6) is 0 Å². The van der Waals surface area contributed by atoms with Crippen molar-refractivity contribution < 1.29 is 5.11 Å². The Balaban J connectivity index is 2.73. The van der Waals surface area contributed by atoms with E-state index in [-0.39, 0.29) is 17.3 Å². The summed E-state index contributed by atoms with van der Waals surface area (Å²) in [5, 5.41) is 27.5. The number of hydrogen-bond donors (Lipinski definition) is 1. The van der Waals surface area contributed by atoms with E-state index in [1.807, 2.05) is 0 Å². The third-order valence-corrected chi connectivity index (χ3v) is 4.50. The monoisotopic (exact) mass is 344 g/mol. The van der Waals surface area contributed by atoms with Crippen molar-refractivity contribution in [1.82, 2.24) is 0 Å². The number of hydrogen-bond acceptors (Lipinski definition) is 3. The van der Waals surface area contributed by atoms with Gasteiger partial charge >= 0.3 is 0 Å². The van der Waals surface area contributed by atoms with Crippen LogP contribution in [0.2, 0.25) is 0 Å². The molecule has 0 aromatic carbocycles. The van der Waals surface area contributed by atoms with Crippen LogP contribution in [0.25, 0.3) is 0 Å². The van der Waals surface area contributed by atoms with Crippen LogP contribution in [0.3, 0.4) is 0 Å². The summed E-state index contributed by atoms with van der Waals surface area (Å²) in [6, 6.07) is 3.55. The first-order valence-electron chi connectivity index (χ1n) is 6.06. The minimum absolute atomic E-state index is 0.00556. The molecule has 1 aliphatic carbocycles. The molecule has 0 spiro atoms. The fourth-order valence-electron chi connectivity index (χ4n) is 2.25. The second-order valence-electron chi connectivity index (χ2n) is 4.49. The lowest BCUT2D eigenvalue weighted by molar-refractivity contribution is 0.299. The van der Waals surface area contributed by atoms with Crippen molar-refractivity contribution in [3.05, 3.63) is 11.3 Å². The highest BCUT2D eigenvalue weighted by atomic mass is 127. The van der Waals surface area contributed by atoms with Gasteiger partial charge in [-0.05, 0) is 25.7 Å². The van der Waals surface area contributed by atoms with E-state index < -0.39 is 0 Å². The lowest BCUT2D eigenvalue weighted by atomic mass is 9.93. The van der Waals surface area contributed by atoms with Crippen LogP contribution in [-0.2, 0) is 0 Å². The van der Waals surface area contributed by atoms with Gasteiger partial charge in [0.05, 0.1) is 0 Å². The zero-order valence-corrected chi connectivity index (χ0v) is 12.0. The molecule has 2 unspecified atom stereocenters. The fourth-order valence-corrected chi connectivity index (χ4v) is 3.13. The van der Waals surface area contributed by atoms with Crippen LogP contribution >= 0.6 is 22.6 Å².